The summed E-state index contributed by atoms with van der Waals surface area (Å²) in [5, 5.41) is 0. The lowest BCUT2D eigenvalue weighted by atomic mass is 10.0. The van der Waals surface area contributed by atoms with Gasteiger partial charge in [-0.1, -0.05) is 0 Å². The number of hydrogen-bond acceptors (Lipinski definition) is 4. The molecule has 0 aliphatic carbocycles. The number of likely N-dealkylation sites (tertiary alicyclic amines) is 1. The van der Waals surface area contributed by atoms with Gasteiger partial charge in [0, 0.05) is 45.1 Å². The Kier molecular flexibility index (Phi) is 5.40. The second-order valence-electron chi connectivity index (χ2n) is 6.95. The van der Waals surface area contributed by atoms with E-state index in [9.17, 15) is 4.79 Å². The average molecular weight is 305 g/mol. The van der Waals surface area contributed by atoms with E-state index in [1.165, 1.54) is 5.56 Å². The summed E-state index contributed by atoms with van der Waals surface area (Å²) in [7, 11) is 1.84. The smallest absolute Gasteiger partial charge is 0.410 e. The van der Waals surface area contributed by atoms with Crippen LogP contribution in [0.5, 0.6) is 0 Å². The molecule has 1 fully saturated rings. The highest BCUT2D eigenvalue weighted by molar-refractivity contribution is 5.68. The summed E-state index contributed by atoms with van der Waals surface area (Å²) in [4.78, 5) is 20.3. The van der Waals surface area contributed by atoms with Crippen LogP contribution in [0.2, 0.25) is 0 Å². The van der Waals surface area contributed by atoms with Crippen LogP contribution < -0.4 is 0 Å². The van der Waals surface area contributed by atoms with E-state index in [0.29, 0.717) is 0 Å². The number of carbonyl (C=O) groups is 1. The summed E-state index contributed by atoms with van der Waals surface area (Å²) in [5.41, 5.74) is 0.849. The summed E-state index contributed by atoms with van der Waals surface area (Å²) in [5.74, 6) is 0. The second kappa shape index (κ2) is 7.09. The molecule has 0 atom stereocenters. The molecule has 0 aromatic carbocycles. The van der Waals surface area contributed by atoms with E-state index in [1.807, 2.05) is 40.2 Å². The molecule has 0 saturated carbocycles. The average Bonchev–Trinajstić information content (AvgIpc) is 2.46. The molecule has 1 aliphatic heterocycles. The van der Waals surface area contributed by atoms with Crippen molar-refractivity contribution in [2.24, 2.45) is 0 Å². The molecular weight excluding hydrogens is 278 g/mol. The highest BCUT2D eigenvalue weighted by Gasteiger charge is 2.28. The maximum Gasteiger partial charge on any atom is 0.410 e. The van der Waals surface area contributed by atoms with Crippen molar-refractivity contribution in [3.05, 3.63) is 30.1 Å². The molecule has 0 unspecified atom stereocenters. The quantitative estimate of drug-likeness (QED) is 0.861. The number of rotatable bonds is 3. The normalized spacial score (nSPS) is 17.3. The maximum absolute atomic E-state index is 12.1. The fourth-order valence-electron chi connectivity index (χ4n) is 2.69. The molecule has 0 bridgehead atoms. The van der Waals surface area contributed by atoms with Gasteiger partial charge in [-0.3, -0.25) is 9.88 Å². The zero-order chi connectivity index (χ0) is 16.2. The van der Waals surface area contributed by atoms with Crippen molar-refractivity contribution in [2.45, 2.75) is 51.8 Å². The van der Waals surface area contributed by atoms with Crippen LogP contribution in [-0.4, -0.2) is 52.7 Å². The SMILES string of the molecule is CN(C(=O)OC(C)(C)C)C1CCN(Cc2ccncc2)CC1. The Bertz CT molecular complexity index is 476. The van der Waals surface area contributed by atoms with E-state index in [1.54, 1.807) is 4.90 Å². The summed E-state index contributed by atoms with van der Waals surface area (Å²) in [6, 6.07) is 4.38. The molecule has 1 aromatic rings. The van der Waals surface area contributed by atoms with E-state index < -0.39 is 5.60 Å². The first kappa shape index (κ1) is 16.7. The Hall–Kier alpha value is -1.62. The third-order valence-corrected chi connectivity index (χ3v) is 3.94. The topological polar surface area (TPSA) is 45.7 Å². The number of hydrogen-bond donors (Lipinski definition) is 0. The van der Waals surface area contributed by atoms with E-state index in [4.69, 9.17) is 4.74 Å². The van der Waals surface area contributed by atoms with Gasteiger partial charge in [0.05, 0.1) is 0 Å². The van der Waals surface area contributed by atoms with Gasteiger partial charge < -0.3 is 9.64 Å². The molecule has 1 aromatic heterocycles. The molecule has 0 N–H and O–H groups in total. The van der Waals surface area contributed by atoms with E-state index in [-0.39, 0.29) is 12.1 Å². The number of pyridine rings is 1. The lowest BCUT2D eigenvalue weighted by Gasteiger charge is -2.37. The fraction of sp³-hybridized carbons (Fsp3) is 0.647. The van der Waals surface area contributed by atoms with Gasteiger partial charge in [-0.05, 0) is 51.3 Å². The molecule has 5 nitrogen and oxygen atoms in total. The molecular formula is C17H27N3O2. The number of nitrogens with zero attached hydrogens (tertiary/aromatic N) is 3. The molecule has 22 heavy (non-hydrogen) atoms. The van der Waals surface area contributed by atoms with Crippen LogP contribution in [0.3, 0.4) is 0 Å². The lowest BCUT2D eigenvalue weighted by Crippen LogP contribution is -2.46. The molecule has 5 heteroatoms. The maximum atomic E-state index is 12.1. The third kappa shape index (κ3) is 4.98. The Morgan fingerprint density at radius 3 is 2.45 bits per heavy atom. The monoisotopic (exact) mass is 305 g/mol. The van der Waals surface area contributed by atoms with Gasteiger partial charge in [0.25, 0.3) is 0 Å². The number of ether oxygens (including phenoxy) is 1. The Morgan fingerprint density at radius 2 is 1.91 bits per heavy atom. The fourth-order valence-corrected chi connectivity index (χ4v) is 2.69. The molecule has 1 aliphatic rings. The van der Waals surface area contributed by atoms with Crippen LogP contribution >= 0.6 is 0 Å². The van der Waals surface area contributed by atoms with Gasteiger partial charge in [0.1, 0.15) is 5.60 Å². The summed E-state index contributed by atoms with van der Waals surface area (Å²) < 4.78 is 5.44. The predicted octanol–water partition coefficient (Wildman–Crippen LogP) is 2.91. The molecule has 1 amide bonds. The number of piperidine rings is 1. The second-order valence-corrected chi connectivity index (χ2v) is 6.95. The standard InChI is InChI=1S/C17H27N3O2/c1-17(2,3)22-16(21)19(4)15-7-11-20(12-8-15)13-14-5-9-18-10-6-14/h5-6,9-10,15H,7-8,11-13H2,1-4H3. The minimum atomic E-state index is -0.437. The van der Waals surface area contributed by atoms with E-state index >= 15 is 0 Å². The van der Waals surface area contributed by atoms with Gasteiger partial charge in [-0.15, -0.1) is 0 Å². The Balaban J connectivity index is 1.80. The Labute approximate surface area is 133 Å². The third-order valence-electron chi connectivity index (χ3n) is 3.94. The summed E-state index contributed by atoms with van der Waals surface area (Å²) in [6.07, 6.45) is 5.42. The number of carbonyl (C=O) groups excluding carboxylic acids is 1. The van der Waals surface area contributed by atoms with Crippen LogP contribution in [0.4, 0.5) is 4.79 Å². The van der Waals surface area contributed by atoms with Crippen molar-refractivity contribution in [2.75, 3.05) is 20.1 Å². The van der Waals surface area contributed by atoms with Crippen molar-refractivity contribution in [1.29, 1.82) is 0 Å². The highest BCUT2D eigenvalue weighted by atomic mass is 16.6. The minimum absolute atomic E-state index is 0.222. The first-order valence-corrected chi connectivity index (χ1v) is 7.92. The van der Waals surface area contributed by atoms with Crippen LogP contribution in [0.15, 0.2) is 24.5 Å². The van der Waals surface area contributed by atoms with Gasteiger partial charge in [0.2, 0.25) is 0 Å². The van der Waals surface area contributed by atoms with Gasteiger partial charge in [0.15, 0.2) is 0 Å². The largest absolute Gasteiger partial charge is 0.444 e. The summed E-state index contributed by atoms with van der Waals surface area (Å²) in [6.45, 7) is 8.65. The summed E-state index contributed by atoms with van der Waals surface area (Å²) >= 11 is 0. The zero-order valence-corrected chi connectivity index (χ0v) is 14.1. The first-order valence-electron chi connectivity index (χ1n) is 7.92. The number of aromatic nitrogens is 1. The van der Waals surface area contributed by atoms with Crippen molar-refractivity contribution >= 4 is 6.09 Å². The van der Waals surface area contributed by atoms with Crippen molar-refractivity contribution in [3.8, 4) is 0 Å². The van der Waals surface area contributed by atoms with Gasteiger partial charge >= 0.3 is 6.09 Å². The number of amides is 1. The van der Waals surface area contributed by atoms with Crippen molar-refractivity contribution in [1.82, 2.24) is 14.8 Å². The highest BCUT2D eigenvalue weighted by Crippen LogP contribution is 2.19. The molecule has 1 saturated heterocycles. The van der Waals surface area contributed by atoms with Crippen LogP contribution in [0.1, 0.15) is 39.2 Å². The van der Waals surface area contributed by atoms with Crippen molar-refractivity contribution in [3.63, 3.8) is 0 Å². The minimum Gasteiger partial charge on any atom is -0.444 e. The van der Waals surface area contributed by atoms with Crippen molar-refractivity contribution < 1.29 is 9.53 Å². The van der Waals surface area contributed by atoms with E-state index in [2.05, 4.69) is 22.0 Å². The first-order chi connectivity index (χ1) is 10.3. The van der Waals surface area contributed by atoms with Gasteiger partial charge in [-0.25, -0.2) is 4.79 Å². The molecule has 2 heterocycles. The van der Waals surface area contributed by atoms with Crippen LogP contribution in [0, 0.1) is 0 Å². The lowest BCUT2D eigenvalue weighted by molar-refractivity contribution is 0.0149. The van der Waals surface area contributed by atoms with Crippen LogP contribution in [-0.2, 0) is 11.3 Å². The van der Waals surface area contributed by atoms with E-state index in [0.717, 1.165) is 32.5 Å². The van der Waals surface area contributed by atoms with Gasteiger partial charge in [-0.2, -0.15) is 0 Å². The predicted molar refractivity (Wildman–Crippen MR) is 86.5 cm³/mol. The zero-order valence-electron chi connectivity index (χ0n) is 14.1. The molecule has 0 radical (unpaired) electrons. The molecule has 122 valence electrons. The Morgan fingerprint density at radius 1 is 1.32 bits per heavy atom. The van der Waals surface area contributed by atoms with Crippen LogP contribution in [0.25, 0.3) is 0 Å². The molecule has 2 rings (SSSR count). The molecule has 0 spiro atoms.